The minimum absolute atomic E-state index is 0.0284. The summed E-state index contributed by atoms with van der Waals surface area (Å²) in [7, 11) is 0. The number of esters is 1. The van der Waals surface area contributed by atoms with Gasteiger partial charge in [0.15, 0.2) is 0 Å². The number of cyclic esters (lactones) is 1. The fourth-order valence-corrected chi connectivity index (χ4v) is 2.29. The van der Waals surface area contributed by atoms with Crippen molar-refractivity contribution in [2.24, 2.45) is 0 Å². The van der Waals surface area contributed by atoms with Gasteiger partial charge in [-0.25, -0.2) is 0 Å². The predicted octanol–water partition coefficient (Wildman–Crippen LogP) is 5.67. The summed E-state index contributed by atoms with van der Waals surface area (Å²) >= 11 is 0. The second-order valence-electron chi connectivity index (χ2n) is 5.64. The number of ether oxygens (including phenoxy) is 1. The molecule has 0 radical (unpaired) electrons. The Morgan fingerprint density at radius 2 is 1.82 bits per heavy atom. The second kappa shape index (κ2) is 13.1. The Labute approximate surface area is 135 Å². The van der Waals surface area contributed by atoms with Gasteiger partial charge in [-0.15, -0.1) is 0 Å². The van der Waals surface area contributed by atoms with Crippen LogP contribution in [0.2, 0.25) is 0 Å². The van der Waals surface area contributed by atoms with Gasteiger partial charge in [-0.1, -0.05) is 62.3 Å². The first-order chi connectivity index (χ1) is 10.8. The molecule has 0 unspecified atom stereocenters. The van der Waals surface area contributed by atoms with E-state index in [-0.39, 0.29) is 12.1 Å². The van der Waals surface area contributed by atoms with E-state index >= 15 is 0 Å². The Kier molecular flexibility index (Phi) is 11.0. The van der Waals surface area contributed by atoms with Crippen LogP contribution in [0.25, 0.3) is 0 Å². The number of rotatable bonds is 10. The maximum absolute atomic E-state index is 11.1. The normalized spacial score (nSPS) is 19.9. The summed E-state index contributed by atoms with van der Waals surface area (Å²) in [4.78, 5) is 11.1. The highest BCUT2D eigenvalue weighted by molar-refractivity contribution is 5.70. The molecular formula is C20H30O2. The topological polar surface area (TPSA) is 26.3 Å². The van der Waals surface area contributed by atoms with E-state index in [9.17, 15) is 4.79 Å². The highest BCUT2D eigenvalue weighted by atomic mass is 16.5. The van der Waals surface area contributed by atoms with Gasteiger partial charge in [0, 0.05) is 6.42 Å². The van der Waals surface area contributed by atoms with Crippen LogP contribution in [0.3, 0.4) is 0 Å². The summed E-state index contributed by atoms with van der Waals surface area (Å²) in [5.41, 5.74) is 0. The summed E-state index contributed by atoms with van der Waals surface area (Å²) in [5, 5.41) is 0. The van der Waals surface area contributed by atoms with E-state index in [1.807, 2.05) is 18.2 Å². The highest BCUT2D eigenvalue weighted by Crippen LogP contribution is 2.14. The van der Waals surface area contributed by atoms with E-state index < -0.39 is 0 Å². The van der Waals surface area contributed by atoms with Gasteiger partial charge >= 0.3 is 5.97 Å². The monoisotopic (exact) mass is 302 g/mol. The Bertz CT molecular complexity index is 402. The molecule has 1 fully saturated rings. The summed E-state index contributed by atoms with van der Waals surface area (Å²) in [6.45, 7) is 2.23. The number of carbonyl (C=O) groups excluding carboxylic acids is 1. The molecule has 1 aliphatic rings. The minimum atomic E-state index is -0.0736. The lowest BCUT2D eigenvalue weighted by atomic mass is 10.1. The van der Waals surface area contributed by atoms with Gasteiger partial charge in [0.1, 0.15) is 6.10 Å². The molecule has 0 spiro atoms. The van der Waals surface area contributed by atoms with Gasteiger partial charge in [0.2, 0.25) is 0 Å². The van der Waals surface area contributed by atoms with Gasteiger partial charge in [0.25, 0.3) is 0 Å². The molecule has 2 nitrogen and oxygen atoms in total. The van der Waals surface area contributed by atoms with Gasteiger partial charge in [0.05, 0.1) is 0 Å². The third-order valence-corrected chi connectivity index (χ3v) is 3.58. The van der Waals surface area contributed by atoms with Crippen LogP contribution >= 0.6 is 0 Å². The molecule has 1 saturated heterocycles. The van der Waals surface area contributed by atoms with E-state index in [0.29, 0.717) is 6.42 Å². The average molecular weight is 302 g/mol. The molecular weight excluding hydrogens is 272 g/mol. The second-order valence-corrected chi connectivity index (χ2v) is 5.64. The summed E-state index contributed by atoms with van der Waals surface area (Å²) in [6.07, 6.45) is 26.5. The fourth-order valence-electron chi connectivity index (χ4n) is 2.29. The van der Waals surface area contributed by atoms with Gasteiger partial charge in [-0.3, -0.25) is 4.79 Å². The van der Waals surface area contributed by atoms with Gasteiger partial charge < -0.3 is 4.74 Å². The number of hydrogen-bond donors (Lipinski definition) is 0. The maximum Gasteiger partial charge on any atom is 0.306 e. The molecule has 0 aromatic carbocycles. The molecule has 0 bridgehead atoms. The van der Waals surface area contributed by atoms with E-state index in [1.54, 1.807) is 0 Å². The van der Waals surface area contributed by atoms with Crippen LogP contribution in [0.15, 0.2) is 48.6 Å². The van der Waals surface area contributed by atoms with E-state index in [0.717, 1.165) is 25.7 Å². The molecule has 0 aromatic rings. The van der Waals surface area contributed by atoms with Crippen molar-refractivity contribution in [2.45, 2.75) is 70.8 Å². The molecule has 1 rings (SSSR count). The van der Waals surface area contributed by atoms with Crippen LogP contribution in [0, 0.1) is 0 Å². The molecule has 0 aromatic heterocycles. The zero-order valence-corrected chi connectivity index (χ0v) is 13.9. The Balaban J connectivity index is 2.03. The molecule has 0 amide bonds. The van der Waals surface area contributed by atoms with Crippen LogP contribution in [0.1, 0.15) is 64.7 Å². The number of allylic oxidation sites excluding steroid dienone is 7. The number of hydrogen-bond acceptors (Lipinski definition) is 2. The van der Waals surface area contributed by atoms with E-state index in [4.69, 9.17) is 4.74 Å². The SMILES string of the molecule is CCCCC/C=C/C/C=C/C/C=C/C=C\[C@@H]1CCCC(=O)O1. The molecule has 0 aliphatic carbocycles. The minimum Gasteiger partial charge on any atom is -0.458 e. The van der Waals surface area contributed by atoms with Gasteiger partial charge in [-0.05, 0) is 44.6 Å². The van der Waals surface area contributed by atoms with Gasteiger partial charge in [-0.2, -0.15) is 0 Å². The van der Waals surface area contributed by atoms with Crippen LogP contribution in [0.4, 0.5) is 0 Å². The quantitative estimate of drug-likeness (QED) is 0.225. The fraction of sp³-hybridized carbons (Fsp3) is 0.550. The lowest BCUT2D eigenvalue weighted by molar-refractivity contribution is -0.150. The molecule has 0 N–H and O–H groups in total. The van der Waals surface area contributed by atoms with Crippen LogP contribution in [-0.4, -0.2) is 12.1 Å². The molecule has 1 aliphatic heterocycles. The first-order valence-electron chi connectivity index (χ1n) is 8.65. The lowest BCUT2D eigenvalue weighted by Gasteiger charge is -2.18. The number of carbonyl (C=O) groups is 1. The largest absolute Gasteiger partial charge is 0.458 e. The summed E-state index contributed by atoms with van der Waals surface area (Å²) < 4.78 is 5.21. The molecule has 122 valence electrons. The van der Waals surface area contributed by atoms with E-state index in [1.165, 1.54) is 25.7 Å². The van der Waals surface area contributed by atoms with Crippen molar-refractivity contribution in [1.29, 1.82) is 0 Å². The van der Waals surface area contributed by atoms with Crippen molar-refractivity contribution in [1.82, 2.24) is 0 Å². The average Bonchev–Trinajstić information content (AvgIpc) is 2.52. The van der Waals surface area contributed by atoms with Crippen LogP contribution in [-0.2, 0) is 9.53 Å². The highest BCUT2D eigenvalue weighted by Gasteiger charge is 2.16. The van der Waals surface area contributed by atoms with Crippen molar-refractivity contribution in [3.8, 4) is 0 Å². The molecule has 2 heteroatoms. The van der Waals surface area contributed by atoms with Crippen molar-refractivity contribution in [3.63, 3.8) is 0 Å². The molecule has 1 atom stereocenters. The summed E-state index contributed by atoms with van der Waals surface area (Å²) in [5.74, 6) is -0.0736. The maximum atomic E-state index is 11.1. The Morgan fingerprint density at radius 1 is 1.05 bits per heavy atom. The third kappa shape index (κ3) is 10.2. The molecule has 22 heavy (non-hydrogen) atoms. The van der Waals surface area contributed by atoms with Crippen molar-refractivity contribution in [2.75, 3.05) is 0 Å². The zero-order valence-electron chi connectivity index (χ0n) is 13.9. The standard InChI is InChI=1S/C20H30O2/c1-2-3-4-5-6-7-8-9-10-11-12-13-14-16-19-17-15-18-20(21)22-19/h6-7,9-10,12-14,16,19H,2-5,8,11,15,17-18H2,1H3/b7-6+,10-9+,13-12+,16-14-/t19-/m1/s1. The Hall–Kier alpha value is -1.57. The van der Waals surface area contributed by atoms with Crippen molar-refractivity contribution in [3.05, 3.63) is 48.6 Å². The number of unbranched alkanes of at least 4 members (excludes halogenated alkanes) is 3. The van der Waals surface area contributed by atoms with Crippen molar-refractivity contribution < 1.29 is 9.53 Å². The zero-order chi connectivity index (χ0) is 15.9. The van der Waals surface area contributed by atoms with Crippen LogP contribution < -0.4 is 0 Å². The predicted molar refractivity (Wildman–Crippen MR) is 93.7 cm³/mol. The molecule has 0 saturated carbocycles. The van der Waals surface area contributed by atoms with Crippen molar-refractivity contribution >= 4 is 5.97 Å². The first-order valence-corrected chi connectivity index (χ1v) is 8.65. The van der Waals surface area contributed by atoms with Crippen LogP contribution in [0.5, 0.6) is 0 Å². The third-order valence-electron chi connectivity index (χ3n) is 3.58. The Morgan fingerprint density at radius 3 is 2.59 bits per heavy atom. The lowest BCUT2D eigenvalue weighted by Crippen LogP contribution is -2.21. The molecule has 1 heterocycles. The van der Waals surface area contributed by atoms with E-state index in [2.05, 4.69) is 37.3 Å². The summed E-state index contributed by atoms with van der Waals surface area (Å²) in [6, 6.07) is 0. The smallest absolute Gasteiger partial charge is 0.306 e. The first kappa shape index (κ1) is 18.5.